The molecule has 0 amide bonds. The van der Waals surface area contributed by atoms with Gasteiger partial charge >= 0.3 is 211 Å². The van der Waals surface area contributed by atoms with Crippen LogP contribution >= 0.6 is 0 Å². The summed E-state index contributed by atoms with van der Waals surface area (Å²) >= 11 is -3.98. The standard InChI is InChI=1S/C13H12NO2.3C6H5.Sn/c1-2-5-16-12-3-4-13-10(6-12)7-14-8-11(13)9-15;3*1-2-4-6-5-3-1;/h3-4,6-7,9H,2,5H2,1H3;3*1-5H;. The van der Waals surface area contributed by atoms with Crippen LogP contribution < -0.4 is 19.2 Å². The van der Waals surface area contributed by atoms with E-state index < -0.39 is 18.4 Å². The van der Waals surface area contributed by atoms with Crippen LogP contribution in [0.5, 0.6) is 5.75 Å². The van der Waals surface area contributed by atoms with Crippen LogP contribution in [0, 0.1) is 0 Å². The fourth-order valence-electron chi connectivity index (χ4n) is 4.93. The number of ether oxygens (including phenoxy) is 1. The fourth-order valence-corrected chi connectivity index (χ4v) is 18.5. The molecule has 0 aliphatic heterocycles. The number of hydrogen-bond donors (Lipinski definition) is 0. The predicted octanol–water partition coefficient (Wildman–Crippen LogP) is 4.21. The van der Waals surface area contributed by atoms with Crippen molar-refractivity contribution in [1.29, 1.82) is 0 Å². The van der Waals surface area contributed by atoms with E-state index in [0.29, 0.717) is 12.2 Å². The molecule has 0 fully saturated rings. The second-order valence-corrected chi connectivity index (χ2v) is 19.2. The first-order chi connectivity index (χ1) is 17.3. The minimum atomic E-state index is -3.98. The summed E-state index contributed by atoms with van der Waals surface area (Å²) in [6.45, 7) is 2.75. The Morgan fingerprint density at radius 3 is 1.80 bits per heavy atom. The van der Waals surface area contributed by atoms with Crippen LogP contribution in [0.4, 0.5) is 0 Å². The van der Waals surface area contributed by atoms with Crippen LogP contribution in [0.25, 0.3) is 10.8 Å². The van der Waals surface area contributed by atoms with Crippen LogP contribution in [-0.2, 0) is 0 Å². The van der Waals surface area contributed by atoms with Crippen molar-refractivity contribution in [1.82, 2.24) is 4.98 Å². The molecule has 0 saturated heterocycles. The van der Waals surface area contributed by atoms with Gasteiger partial charge in [0.25, 0.3) is 0 Å². The summed E-state index contributed by atoms with van der Waals surface area (Å²) in [7, 11) is 0. The molecule has 0 N–H and O–H groups in total. The summed E-state index contributed by atoms with van der Waals surface area (Å²) < 4.78 is 10.5. The number of carbonyl (C=O) groups is 1. The van der Waals surface area contributed by atoms with Crippen molar-refractivity contribution in [3.8, 4) is 5.75 Å². The number of aldehydes is 1. The average Bonchev–Trinajstić information content (AvgIpc) is 2.94. The molecule has 35 heavy (non-hydrogen) atoms. The Hall–Kier alpha value is -3.44. The van der Waals surface area contributed by atoms with Gasteiger partial charge in [-0.15, -0.1) is 0 Å². The van der Waals surface area contributed by atoms with E-state index in [1.54, 1.807) is 0 Å². The number of aromatic nitrogens is 1. The maximum atomic E-state index is 12.8. The van der Waals surface area contributed by atoms with E-state index in [1.165, 1.54) is 10.7 Å². The third-order valence-corrected chi connectivity index (χ3v) is 19.9. The third-order valence-electron chi connectivity index (χ3n) is 6.47. The summed E-state index contributed by atoms with van der Waals surface area (Å²) in [5, 5.41) is 1.83. The van der Waals surface area contributed by atoms with Gasteiger partial charge in [0.15, 0.2) is 0 Å². The topological polar surface area (TPSA) is 39.2 Å². The molecule has 5 rings (SSSR count). The quantitative estimate of drug-likeness (QED) is 0.210. The first-order valence-electron chi connectivity index (χ1n) is 12.0. The van der Waals surface area contributed by atoms with Crippen molar-refractivity contribution in [2.75, 3.05) is 6.61 Å². The van der Waals surface area contributed by atoms with Crippen LogP contribution in [0.3, 0.4) is 0 Å². The Kier molecular flexibility index (Phi) is 6.96. The number of carbonyl (C=O) groups excluding carboxylic acids is 1. The van der Waals surface area contributed by atoms with Gasteiger partial charge in [0, 0.05) is 0 Å². The monoisotopic (exact) mass is 565 g/mol. The van der Waals surface area contributed by atoms with Gasteiger partial charge in [-0.25, -0.2) is 0 Å². The second kappa shape index (κ2) is 10.4. The van der Waals surface area contributed by atoms with Crippen LogP contribution in [0.1, 0.15) is 23.7 Å². The minimum absolute atomic E-state index is 0.660. The van der Waals surface area contributed by atoms with Crippen molar-refractivity contribution in [3.63, 3.8) is 0 Å². The predicted molar refractivity (Wildman–Crippen MR) is 147 cm³/mol. The molecule has 0 spiro atoms. The van der Waals surface area contributed by atoms with Crippen LogP contribution in [-0.4, -0.2) is 36.3 Å². The van der Waals surface area contributed by atoms with E-state index >= 15 is 0 Å². The SMILES string of the molecule is CCCOc1ccc2c(C=O)[c]([Sn]([c]3ccccc3)([c]3ccccc3)[c]3ccccc3)ncc2c1. The molecular weight excluding hydrogens is 537 g/mol. The zero-order valence-corrected chi connectivity index (χ0v) is 22.6. The van der Waals surface area contributed by atoms with E-state index in [4.69, 9.17) is 9.72 Å². The molecule has 5 aromatic rings. The average molecular weight is 564 g/mol. The summed E-state index contributed by atoms with van der Waals surface area (Å²) in [6.07, 6.45) is 3.85. The van der Waals surface area contributed by atoms with Crippen molar-refractivity contribution in [2.45, 2.75) is 13.3 Å². The zero-order valence-electron chi connectivity index (χ0n) is 19.7. The summed E-state index contributed by atoms with van der Waals surface area (Å²) in [6, 6.07) is 37.9. The van der Waals surface area contributed by atoms with Gasteiger partial charge < -0.3 is 0 Å². The van der Waals surface area contributed by atoms with E-state index in [2.05, 4.69) is 79.7 Å². The summed E-state index contributed by atoms with van der Waals surface area (Å²) in [4.78, 5) is 17.9. The van der Waals surface area contributed by atoms with E-state index in [-0.39, 0.29) is 0 Å². The number of fused-ring (bicyclic) bond motifs is 1. The first-order valence-corrected chi connectivity index (χ1v) is 17.7. The molecule has 0 aliphatic rings. The zero-order chi connectivity index (χ0) is 24.1. The fraction of sp³-hybridized carbons (Fsp3) is 0.0968. The molecule has 3 nitrogen and oxygen atoms in total. The van der Waals surface area contributed by atoms with Crippen molar-refractivity contribution >= 4 is 49.9 Å². The number of nitrogens with zero attached hydrogens (tertiary/aromatic N) is 1. The van der Waals surface area contributed by atoms with Crippen molar-refractivity contribution in [3.05, 3.63) is 121 Å². The Bertz CT molecular complexity index is 1340. The molecule has 0 aliphatic carbocycles. The molecule has 4 aromatic carbocycles. The Balaban J connectivity index is 1.87. The molecule has 1 aromatic heterocycles. The Labute approximate surface area is 210 Å². The van der Waals surface area contributed by atoms with Gasteiger partial charge in [0.2, 0.25) is 0 Å². The van der Waals surface area contributed by atoms with Gasteiger partial charge in [-0.2, -0.15) is 0 Å². The number of pyridine rings is 1. The van der Waals surface area contributed by atoms with Crippen molar-refractivity contribution < 1.29 is 9.53 Å². The Morgan fingerprint density at radius 1 is 0.771 bits per heavy atom. The second-order valence-electron chi connectivity index (χ2n) is 8.58. The van der Waals surface area contributed by atoms with Gasteiger partial charge in [-0.05, 0) is 0 Å². The number of rotatable bonds is 8. The van der Waals surface area contributed by atoms with E-state index in [9.17, 15) is 4.79 Å². The summed E-state index contributed by atoms with van der Waals surface area (Å²) in [5.74, 6) is 0.801. The van der Waals surface area contributed by atoms with Crippen molar-refractivity contribution in [2.24, 2.45) is 0 Å². The van der Waals surface area contributed by atoms with Gasteiger partial charge in [0.1, 0.15) is 0 Å². The molecule has 4 heteroatoms. The molecular formula is C31H27NO2Sn. The molecule has 172 valence electrons. The van der Waals surface area contributed by atoms with E-state index in [1.807, 2.05) is 42.6 Å². The normalized spacial score (nSPS) is 11.3. The van der Waals surface area contributed by atoms with Crippen LogP contribution in [0.2, 0.25) is 0 Å². The third kappa shape index (κ3) is 4.25. The van der Waals surface area contributed by atoms with Crippen LogP contribution in [0.15, 0.2) is 115 Å². The molecule has 1 heterocycles. The number of hydrogen-bond acceptors (Lipinski definition) is 3. The first kappa shape index (κ1) is 23.3. The molecule has 0 atom stereocenters. The maximum absolute atomic E-state index is 12.8. The molecule has 0 unspecified atom stereocenters. The molecule has 0 radical (unpaired) electrons. The molecule has 0 saturated carbocycles. The number of benzene rings is 4. The van der Waals surface area contributed by atoms with Gasteiger partial charge in [0.05, 0.1) is 0 Å². The van der Waals surface area contributed by atoms with Gasteiger partial charge in [-0.1, -0.05) is 0 Å². The molecule has 0 bridgehead atoms. The summed E-state index contributed by atoms with van der Waals surface area (Å²) in [5.41, 5.74) is 0.678. The Morgan fingerprint density at radius 2 is 1.31 bits per heavy atom. The van der Waals surface area contributed by atoms with E-state index in [0.717, 1.165) is 32.9 Å². The van der Waals surface area contributed by atoms with Gasteiger partial charge in [-0.3, -0.25) is 0 Å².